The minimum Gasteiger partial charge on any atom is -0.394 e. The summed E-state index contributed by atoms with van der Waals surface area (Å²) in [5, 5.41) is 72.5. The lowest BCUT2D eigenvalue weighted by atomic mass is 9.97. The van der Waals surface area contributed by atoms with Gasteiger partial charge in [0, 0.05) is 12.1 Å². The molecule has 0 aromatic carbocycles. The Labute approximate surface area is 225 Å². The summed E-state index contributed by atoms with van der Waals surface area (Å²) in [4.78, 5) is 12.2. The van der Waals surface area contributed by atoms with Crippen LogP contribution in [-0.4, -0.2) is 154 Å². The fraction of sp³-hybridized carbons (Fsp3) is 0.955. The number of carbonyl (C=O) groups excluding carboxylic acids is 1. The number of hydrogen-bond acceptors (Lipinski definition) is 16. The fourth-order valence-corrected chi connectivity index (χ4v) is 4.34. The highest BCUT2D eigenvalue weighted by Crippen LogP contribution is 2.26. The van der Waals surface area contributed by atoms with Crippen molar-refractivity contribution in [3.8, 4) is 0 Å². The lowest BCUT2D eigenvalue weighted by molar-refractivity contribution is -0.288. The van der Waals surface area contributed by atoms with Crippen LogP contribution in [0.4, 0.5) is 0 Å². The van der Waals surface area contributed by atoms with Crippen LogP contribution in [0.3, 0.4) is 0 Å². The van der Waals surface area contributed by atoms with Gasteiger partial charge in [0.2, 0.25) is 5.91 Å². The number of amides is 1. The molecule has 2 aliphatic rings. The van der Waals surface area contributed by atoms with Crippen LogP contribution in [0.5, 0.6) is 0 Å². The molecule has 2 saturated heterocycles. The highest BCUT2D eigenvalue weighted by Gasteiger charge is 2.47. The first kappa shape index (κ1) is 34.1. The van der Waals surface area contributed by atoms with Crippen LogP contribution in [0.15, 0.2) is 0 Å². The average molecular weight is 572 g/mol. The minimum absolute atomic E-state index is 0.00466. The van der Waals surface area contributed by atoms with Crippen molar-refractivity contribution in [2.24, 2.45) is 22.9 Å². The van der Waals surface area contributed by atoms with E-state index >= 15 is 0 Å². The second-order valence-corrected chi connectivity index (χ2v) is 9.98. The molecule has 17 heteroatoms. The zero-order valence-corrected chi connectivity index (χ0v) is 21.8. The van der Waals surface area contributed by atoms with Crippen LogP contribution in [0, 0.1) is 0 Å². The highest BCUT2D eigenvalue weighted by atomic mass is 16.7. The Morgan fingerprint density at radius 3 is 2.23 bits per heavy atom. The van der Waals surface area contributed by atoms with Gasteiger partial charge in [0.15, 0.2) is 12.6 Å². The maximum absolute atomic E-state index is 12.2. The lowest BCUT2D eigenvalue weighted by Crippen LogP contribution is -2.64. The van der Waals surface area contributed by atoms with E-state index in [0.29, 0.717) is 0 Å². The monoisotopic (exact) mass is 571 g/mol. The zero-order chi connectivity index (χ0) is 29.4. The van der Waals surface area contributed by atoms with E-state index in [1.54, 1.807) is 6.92 Å². The topological polar surface area (TPSA) is 312 Å². The predicted octanol–water partition coefficient (Wildman–Crippen LogP) is -7.15. The van der Waals surface area contributed by atoms with E-state index in [0.717, 1.165) is 0 Å². The fourth-order valence-electron chi connectivity index (χ4n) is 4.34. The normalized spacial score (nSPS) is 37.2. The molecule has 0 aromatic heterocycles. The summed E-state index contributed by atoms with van der Waals surface area (Å²) < 4.78 is 22.5. The van der Waals surface area contributed by atoms with Crippen molar-refractivity contribution in [1.29, 1.82) is 0 Å². The summed E-state index contributed by atoms with van der Waals surface area (Å²) in [5.41, 5.74) is 23.4. The lowest BCUT2D eigenvalue weighted by Gasteiger charge is -2.42. The summed E-state index contributed by atoms with van der Waals surface area (Å²) in [7, 11) is 0. The second kappa shape index (κ2) is 15.8. The molecule has 0 aromatic rings. The Bertz CT molecular complexity index is 740. The van der Waals surface area contributed by atoms with Crippen LogP contribution in [0.1, 0.15) is 19.8 Å². The Balaban J connectivity index is 2.16. The number of nitrogens with one attached hydrogen (secondary N) is 1. The number of rotatable bonds is 15. The Kier molecular flexibility index (Phi) is 13.8. The molecule has 0 spiro atoms. The molecule has 0 radical (unpaired) electrons. The SMILES string of the molecule is C[C@@H](N)[C@H]1O[C@@H](OC[C@H](O[C@H]2OC(CO)[C@@H](O)[C@H](O)C2N)C(N)C[C@H](CO)NC(=O)[C@@H](O)CCN)[C@@H](O)C1O. The van der Waals surface area contributed by atoms with Crippen molar-refractivity contribution >= 4 is 5.91 Å². The van der Waals surface area contributed by atoms with Crippen LogP contribution in [-0.2, 0) is 23.7 Å². The Morgan fingerprint density at radius 1 is 1.03 bits per heavy atom. The largest absolute Gasteiger partial charge is 0.394 e. The molecule has 0 bridgehead atoms. The van der Waals surface area contributed by atoms with Crippen molar-refractivity contribution in [2.45, 2.75) is 105 Å². The molecule has 16 N–H and O–H groups in total. The quantitative estimate of drug-likeness (QED) is 0.0868. The molecular weight excluding hydrogens is 526 g/mol. The van der Waals surface area contributed by atoms with Gasteiger partial charge in [0.1, 0.15) is 42.7 Å². The average Bonchev–Trinajstić information content (AvgIpc) is 3.19. The standard InChI is InChI=1S/C22H45N5O12/c1-8(24)19-17(33)18(34)22(39-19)36-7-13(38-21-14(26)16(32)15(31)12(6-29)37-21)10(25)4-9(5-28)27-20(35)11(30)2-3-23/h8-19,21-22,28-34H,2-7,23-26H2,1H3,(H,27,35)/t8-,9-,10?,11+,12?,13+,14?,15-,16-,17?,18+,19-,21-,22-/m1/s1. The van der Waals surface area contributed by atoms with Gasteiger partial charge < -0.3 is 82.9 Å². The maximum Gasteiger partial charge on any atom is 0.249 e. The van der Waals surface area contributed by atoms with E-state index < -0.39 is 111 Å². The molecule has 2 rings (SSSR count). The molecule has 39 heavy (non-hydrogen) atoms. The molecule has 4 unspecified atom stereocenters. The van der Waals surface area contributed by atoms with Crippen LogP contribution < -0.4 is 28.3 Å². The van der Waals surface area contributed by atoms with Gasteiger partial charge in [-0.25, -0.2) is 0 Å². The van der Waals surface area contributed by atoms with Gasteiger partial charge in [-0.2, -0.15) is 0 Å². The summed E-state index contributed by atoms with van der Waals surface area (Å²) >= 11 is 0. The third-order valence-electron chi connectivity index (χ3n) is 6.78. The van der Waals surface area contributed by atoms with Crippen molar-refractivity contribution in [3.05, 3.63) is 0 Å². The van der Waals surface area contributed by atoms with Crippen molar-refractivity contribution in [3.63, 3.8) is 0 Å². The summed E-state index contributed by atoms with van der Waals surface area (Å²) in [5.74, 6) is -0.764. The summed E-state index contributed by atoms with van der Waals surface area (Å²) in [6.45, 7) is 0.0537. The van der Waals surface area contributed by atoms with Gasteiger partial charge in [-0.1, -0.05) is 0 Å². The van der Waals surface area contributed by atoms with E-state index in [1.165, 1.54) is 0 Å². The molecule has 17 nitrogen and oxygen atoms in total. The molecule has 0 saturated carbocycles. The third kappa shape index (κ3) is 8.93. The molecular formula is C22H45N5O12. The van der Waals surface area contributed by atoms with E-state index in [1.807, 2.05) is 0 Å². The molecule has 230 valence electrons. The third-order valence-corrected chi connectivity index (χ3v) is 6.78. The zero-order valence-electron chi connectivity index (χ0n) is 21.8. The van der Waals surface area contributed by atoms with Crippen molar-refractivity contribution in [1.82, 2.24) is 5.32 Å². The van der Waals surface area contributed by atoms with Crippen LogP contribution in [0.2, 0.25) is 0 Å². The van der Waals surface area contributed by atoms with E-state index in [4.69, 9.17) is 41.9 Å². The van der Waals surface area contributed by atoms with Gasteiger partial charge in [-0.15, -0.1) is 0 Å². The smallest absolute Gasteiger partial charge is 0.249 e. The Morgan fingerprint density at radius 2 is 1.69 bits per heavy atom. The van der Waals surface area contributed by atoms with Gasteiger partial charge in [-0.05, 0) is 26.3 Å². The maximum atomic E-state index is 12.2. The number of aliphatic hydroxyl groups is 7. The number of nitrogens with two attached hydrogens (primary N) is 4. The van der Waals surface area contributed by atoms with Gasteiger partial charge in [0.05, 0.1) is 38.0 Å². The highest BCUT2D eigenvalue weighted by molar-refractivity contribution is 5.80. The van der Waals surface area contributed by atoms with Crippen LogP contribution >= 0.6 is 0 Å². The van der Waals surface area contributed by atoms with E-state index in [9.17, 15) is 40.5 Å². The summed E-state index contributed by atoms with van der Waals surface area (Å²) in [6.07, 6.45) is -13.3. The number of carbonyl (C=O) groups is 1. The van der Waals surface area contributed by atoms with Gasteiger partial charge in [0.25, 0.3) is 0 Å². The number of hydrogen-bond donors (Lipinski definition) is 12. The first-order valence-electron chi connectivity index (χ1n) is 12.8. The van der Waals surface area contributed by atoms with Crippen molar-refractivity contribution in [2.75, 3.05) is 26.4 Å². The molecule has 2 fully saturated rings. The van der Waals surface area contributed by atoms with Crippen LogP contribution in [0.25, 0.3) is 0 Å². The first-order valence-corrected chi connectivity index (χ1v) is 12.8. The van der Waals surface area contributed by atoms with Gasteiger partial charge >= 0.3 is 0 Å². The molecule has 1 amide bonds. The predicted molar refractivity (Wildman–Crippen MR) is 132 cm³/mol. The number of aliphatic hydroxyl groups excluding tert-OH is 7. The second-order valence-electron chi connectivity index (χ2n) is 9.98. The summed E-state index contributed by atoms with van der Waals surface area (Å²) in [6, 6.07) is -3.84. The van der Waals surface area contributed by atoms with E-state index in [2.05, 4.69) is 5.32 Å². The molecule has 14 atom stereocenters. The number of ether oxygens (including phenoxy) is 4. The molecule has 2 aliphatic heterocycles. The molecule has 0 aliphatic carbocycles. The van der Waals surface area contributed by atoms with Gasteiger partial charge in [-0.3, -0.25) is 4.79 Å². The minimum atomic E-state index is -1.52. The van der Waals surface area contributed by atoms with Crippen molar-refractivity contribution < 1.29 is 59.5 Å². The van der Waals surface area contributed by atoms with E-state index in [-0.39, 0.29) is 19.4 Å². The first-order chi connectivity index (χ1) is 18.4. The molecule has 2 heterocycles. The Hall–Kier alpha value is -1.13.